The van der Waals surface area contributed by atoms with Crippen LogP contribution >= 0.6 is 0 Å². The SMILES string of the molecule is CC(C)(C)C1Cc2c(C=O)cccc2N1C(=O)O. The lowest BCUT2D eigenvalue weighted by atomic mass is 9.84. The number of hydrogen-bond donors (Lipinski definition) is 1. The van der Waals surface area contributed by atoms with Gasteiger partial charge >= 0.3 is 6.09 Å². The molecule has 0 fully saturated rings. The van der Waals surface area contributed by atoms with Gasteiger partial charge in [-0.05, 0) is 23.5 Å². The van der Waals surface area contributed by atoms with Gasteiger partial charge in [0.1, 0.15) is 6.29 Å². The normalized spacial score (nSPS) is 18.6. The van der Waals surface area contributed by atoms with Crippen LogP contribution in [0.2, 0.25) is 0 Å². The van der Waals surface area contributed by atoms with Gasteiger partial charge in [-0.25, -0.2) is 4.79 Å². The van der Waals surface area contributed by atoms with Gasteiger partial charge in [-0.3, -0.25) is 9.69 Å². The van der Waals surface area contributed by atoms with Crippen LogP contribution in [0.4, 0.5) is 10.5 Å². The maximum Gasteiger partial charge on any atom is 0.412 e. The van der Waals surface area contributed by atoms with E-state index in [0.29, 0.717) is 17.7 Å². The monoisotopic (exact) mass is 247 g/mol. The van der Waals surface area contributed by atoms with Gasteiger partial charge in [0, 0.05) is 11.6 Å². The van der Waals surface area contributed by atoms with Crippen LogP contribution in [0.15, 0.2) is 18.2 Å². The Morgan fingerprint density at radius 3 is 2.61 bits per heavy atom. The molecule has 96 valence electrons. The fourth-order valence-corrected chi connectivity index (χ4v) is 2.53. The molecular formula is C14H17NO3. The Kier molecular flexibility index (Phi) is 2.89. The van der Waals surface area contributed by atoms with Gasteiger partial charge in [-0.15, -0.1) is 0 Å². The lowest BCUT2D eigenvalue weighted by molar-refractivity contribution is 0.112. The van der Waals surface area contributed by atoms with E-state index in [-0.39, 0.29) is 11.5 Å². The van der Waals surface area contributed by atoms with Crippen molar-refractivity contribution < 1.29 is 14.7 Å². The Hall–Kier alpha value is -1.84. The van der Waals surface area contributed by atoms with Crippen LogP contribution in [-0.2, 0) is 6.42 Å². The molecule has 2 rings (SSSR count). The molecule has 1 heterocycles. The van der Waals surface area contributed by atoms with E-state index in [1.807, 2.05) is 20.8 Å². The number of amides is 1. The first-order valence-electron chi connectivity index (χ1n) is 5.95. The highest BCUT2D eigenvalue weighted by molar-refractivity contribution is 5.93. The Labute approximate surface area is 106 Å². The highest BCUT2D eigenvalue weighted by Gasteiger charge is 2.41. The van der Waals surface area contributed by atoms with E-state index in [0.717, 1.165) is 11.8 Å². The molecule has 1 aliphatic rings. The fraction of sp³-hybridized carbons (Fsp3) is 0.429. The number of hydrogen-bond acceptors (Lipinski definition) is 2. The zero-order chi connectivity index (χ0) is 13.5. The molecule has 0 bridgehead atoms. The van der Waals surface area contributed by atoms with Crippen LogP contribution in [-0.4, -0.2) is 23.5 Å². The lowest BCUT2D eigenvalue weighted by Gasteiger charge is -2.33. The number of benzene rings is 1. The Morgan fingerprint density at radius 1 is 1.44 bits per heavy atom. The minimum absolute atomic E-state index is 0.133. The van der Waals surface area contributed by atoms with Crippen LogP contribution in [0, 0.1) is 5.41 Å². The van der Waals surface area contributed by atoms with Crippen molar-refractivity contribution in [1.29, 1.82) is 0 Å². The Balaban J connectivity index is 2.56. The van der Waals surface area contributed by atoms with E-state index in [1.54, 1.807) is 18.2 Å². The van der Waals surface area contributed by atoms with E-state index in [9.17, 15) is 14.7 Å². The summed E-state index contributed by atoms with van der Waals surface area (Å²) in [5.41, 5.74) is 1.91. The van der Waals surface area contributed by atoms with Crippen molar-refractivity contribution in [3.05, 3.63) is 29.3 Å². The molecule has 1 unspecified atom stereocenters. The number of carbonyl (C=O) groups excluding carboxylic acids is 1. The van der Waals surface area contributed by atoms with Crippen LogP contribution in [0.25, 0.3) is 0 Å². The summed E-state index contributed by atoms with van der Waals surface area (Å²) in [6, 6.07) is 5.09. The first-order valence-corrected chi connectivity index (χ1v) is 5.95. The third kappa shape index (κ3) is 1.88. The largest absolute Gasteiger partial charge is 0.465 e. The first kappa shape index (κ1) is 12.6. The Bertz CT molecular complexity index is 502. The van der Waals surface area contributed by atoms with Crippen LogP contribution < -0.4 is 4.90 Å². The second-order valence-corrected chi connectivity index (χ2v) is 5.70. The molecular weight excluding hydrogens is 230 g/mol. The van der Waals surface area contributed by atoms with E-state index in [1.165, 1.54) is 4.90 Å². The predicted octanol–water partition coefficient (Wildman–Crippen LogP) is 2.95. The number of carboxylic acid groups (broad SMARTS) is 1. The molecule has 1 aromatic carbocycles. The van der Waals surface area contributed by atoms with Crippen molar-refractivity contribution in [3.63, 3.8) is 0 Å². The van der Waals surface area contributed by atoms with E-state index in [4.69, 9.17) is 0 Å². The summed E-state index contributed by atoms with van der Waals surface area (Å²) in [6.07, 6.45) is 0.431. The van der Waals surface area contributed by atoms with Gasteiger partial charge in [0.05, 0.1) is 5.69 Å². The van der Waals surface area contributed by atoms with E-state index in [2.05, 4.69) is 0 Å². The quantitative estimate of drug-likeness (QED) is 0.776. The molecule has 1 N–H and O–H groups in total. The average molecular weight is 247 g/mol. The molecule has 0 saturated carbocycles. The van der Waals surface area contributed by atoms with Crippen LogP contribution in [0.1, 0.15) is 36.7 Å². The van der Waals surface area contributed by atoms with Crippen molar-refractivity contribution in [3.8, 4) is 0 Å². The molecule has 4 heteroatoms. The number of anilines is 1. The van der Waals surface area contributed by atoms with Crippen LogP contribution in [0.3, 0.4) is 0 Å². The van der Waals surface area contributed by atoms with E-state index >= 15 is 0 Å². The van der Waals surface area contributed by atoms with Gasteiger partial charge in [0.25, 0.3) is 0 Å². The van der Waals surface area contributed by atoms with Crippen LogP contribution in [0.5, 0.6) is 0 Å². The molecule has 1 aromatic rings. The second kappa shape index (κ2) is 4.12. The summed E-state index contributed by atoms with van der Waals surface area (Å²) in [6.45, 7) is 6.04. The summed E-state index contributed by atoms with van der Waals surface area (Å²) in [4.78, 5) is 23.9. The summed E-state index contributed by atoms with van der Waals surface area (Å²) in [5, 5.41) is 9.39. The van der Waals surface area contributed by atoms with Gasteiger partial charge in [0.2, 0.25) is 0 Å². The summed E-state index contributed by atoms with van der Waals surface area (Å²) >= 11 is 0. The maximum atomic E-state index is 11.5. The molecule has 18 heavy (non-hydrogen) atoms. The number of carbonyl (C=O) groups is 2. The third-order valence-electron chi connectivity index (χ3n) is 3.49. The smallest absolute Gasteiger partial charge is 0.412 e. The van der Waals surface area contributed by atoms with Crippen molar-refractivity contribution >= 4 is 18.1 Å². The number of fused-ring (bicyclic) bond motifs is 1. The highest BCUT2D eigenvalue weighted by Crippen LogP contribution is 2.40. The molecule has 0 aliphatic carbocycles. The third-order valence-corrected chi connectivity index (χ3v) is 3.49. The Morgan fingerprint density at radius 2 is 2.11 bits per heavy atom. The molecule has 0 spiro atoms. The second-order valence-electron chi connectivity index (χ2n) is 5.70. The fourth-order valence-electron chi connectivity index (χ4n) is 2.53. The average Bonchev–Trinajstić information content (AvgIpc) is 2.67. The number of aldehydes is 1. The molecule has 0 saturated heterocycles. The standard InChI is InChI=1S/C14H17NO3/c1-14(2,3)12-7-10-9(8-16)5-4-6-11(10)15(12)13(17)18/h4-6,8,12H,7H2,1-3H3,(H,17,18). The summed E-state index contributed by atoms with van der Waals surface area (Å²) in [5.74, 6) is 0. The molecule has 1 aliphatic heterocycles. The molecule has 4 nitrogen and oxygen atoms in total. The van der Waals surface area contributed by atoms with Crippen molar-refractivity contribution in [2.24, 2.45) is 5.41 Å². The van der Waals surface area contributed by atoms with Gasteiger partial charge in [-0.1, -0.05) is 32.9 Å². The van der Waals surface area contributed by atoms with Crippen molar-refractivity contribution in [2.45, 2.75) is 33.2 Å². The van der Waals surface area contributed by atoms with Gasteiger partial charge in [-0.2, -0.15) is 0 Å². The first-order chi connectivity index (χ1) is 8.36. The zero-order valence-corrected chi connectivity index (χ0v) is 10.8. The summed E-state index contributed by atoms with van der Waals surface area (Å²) < 4.78 is 0. The predicted molar refractivity (Wildman–Crippen MR) is 69.3 cm³/mol. The van der Waals surface area contributed by atoms with Gasteiger partial charge < -0.3 is 5.11 Å². The topological polar surface area (TPSA) is 57.6 Å². The molecule has 1 amide bonds. The van der Waals surface area contributed by atoms with Gasteiger partial charge in [0.15, 0.2) is 0 Å². The molecule has 1 atom stereocenters. The molecule has 0 radical (unpaired) electrons. The highest BCUT2D eigenvalue weighted by atomic mass is 16.4. The molecule has 0 aromatic heterocycles. The lowest BCUT2D eigenvalue weighted by Crippen LogP contribution is -2.44. The van der Waals surface area contributed by atoms with E-state index < -0.39 is 6.09 Å². The van der Waals surface area contributed by atoms with Crippen molar-refractivity contribution in [2.75, 3.05) is 4.90 Å². The summed E-state index contributed by atoms with van der Waals surface area (Å²) in [7, 11) is 0. The minimum Gasteiger partial charge on any atom is -0.465 e. The zero-order valence-electron chi connectivity index (χ0n) is 10.8. The van der Waals surface area contributed by atoms with Crippen molar-refractivity contribution in [1.82, 2.24) is 0 Å². The number of nitrogens with zero attached hydrogens (tertiary/aromatic N) is 1. The minimum atomic E-state index is -0.961. The maximum absolute atomic E-state index is 11.5. The number of rotatable bonds is 1.